The second-order valence-corrected chi connectivity index (χ2v) is 5.36. The summed E-state index contributed by atoms with van der Waals surface area (Å²) < 4.78 is 7.15. The molecule has 2 heterocycles. The second-order valence-electron chi connectivity index (χ2n) is 5.36. The first-order valence-electron chi connectivity index (χ1n) is 7.58. The van der Waals surface area contributed by atoms with Crippen molar-refractivity contribution in [3.63, 3.8) is 0 Å². The highest BCUT2D eigenvalue weighted by atomic mass is 16.5. The van der Waals surface area contributed by atoms with Gasteiger partial charge in [0.15, 0.2) is 11.2 Å². The fourth-order valence-corrected chi connectivity index (χ4v) is 2.62. The lowest BCUT2D eigenvalue weighted by Crippen LogP contribution is -2.21. The number of rotatable bonds is 8. The van der Waals surface area contributed by atoms with E-state index in [-0.39, 0.29) is 6.04 Å². The summed E-state index contributed by atoms with van der Waals surface area (Å²) >= 11 is 0. The summed E-state index contributed by atoms with van der Waals surface area (Å²) in [6, 6.07) is -0.0218. The number of aromatic nitrogens is 4. The average Bonchev–Trinajstić information content (AvgIpc) is 2.90. The van der Waals surface area contributed by atoms with Crippen LogP contribution in [0.2, 0.25) is 0 Å². The Morgan fingerprint density at radius 2 is 2.05 bits per heavy atom. The van der Waals surface area contributed by atoms with Gasteiger partial charge in [-0.2, -0.15) is 4.98 Å². The summed E-state index contributed by atoms with van der Waals surface area (Å²) in [5, 5.41) is 10.1. The van der Waals surface area contributed by atoms with Crippen LogP contribution >= 0.6 is 0 Å². The molecule has 21 heavy (non-hydrogen) atoms. The van der Waals surface area contributed by atoms with E-state index in [0.717, 1.165) is 12.8 Å². The summed E-state index contributed by atoms with van der Waals surface area (Å²) in [5.41, 5.74) is 1.35. The van der Waals surface area contributed by atoms with Crippen LogP contribution in [0.15, 0.2) is 12.7 Å². The molecule has 2 atom stereocenters. The monoisotopic (exact) mass is 292 g/mol. The van der Waals surface area contributed by atoms with Crippen LogP contribution in [0.25, 0.3) is 11.2 Å². The van der Waals surface area contributed by atoms with Crippen molar-refractivity contribution >= 4 is 11.2 Å². The van der Waals surface area contributed by atoms with Gasteiger partial charge in [0.25, 0.3) is 0 Å². The first-order chi connectivity index (χ1) is 10.2. The lowest BCUT2D eigenvalue weighted by molar-refractivity contribution is 0.124. The number of methoxy groups -OCH3 is 1. The third-order valence-corrected chi connectivity index (χ3v) is 3.79. The maximum Gasteiger partial charge on any atom is 0.245 e. The van der Waals surface area contributed by atoms with E-state index in [4.69, 9.17) is 4.74 Å². The summed E-state index contributed by atoms with van der Waals surface area (Å²) in [6.07, 6.45) is 8.36. The van der Waals surface area contributed by atoms with E-state index in [1.54, 1.807) is 13.4 Å². The molecule has 6 nitrogen and oxygen atoms in total. The van der Waals surface area contributed by atoms with Crippen molar-refractivity contribution in [3.05, 3.63) is 12.7 Å². The molecule has 0 amide bonds. The van der Waals surface area contributed by atoms with Crippen LogP contribution in [0.1, 0.15) is 52.0 Å². The minimum absolute atomic E-state index is 0.0218. The van der Waals surface area contributed by atoms with Gasteiger partial charge in [0, 0.05) is 0 Å². The van der Waals surface area contributed by atoms with Crippen molar-refractivity contribution in [3.8, 4) is 5.88 Å². The van der Waals surface area contributed by atoms with Gasteiger partial charge in [0.05, 0.1) is 25.6 Å². The molecule has 0 aliphatic carbocycles. The number of nitrogens with zero attached hydrogens (tertiary/aromatic N) is 4. The summed E-state index contributed by atoms with van der Waals surface area (Å²) in [7, 11) is 1.57. The second kappa shape index (κ2) is 7.36. The van der Waals surface area contributed by atoms with Gasteiger partial charge in [0.1, 0.15) is 6.33 Å². The Labute approximate surface area is 125 Å². The van der Waals surface area contributed by atoms with Crippen LogP contribution < -0.4 is 4.74 Å². The Kier molecular flexibility index (Phi) is 5.50. The molecule has 2 aromatic heterocycles. The number of unbranched alkanes of at least 4 members (excludes halogenated alkanes) is 3. The quantitative estimate of drug-likeness (QED) is 0.757. The van der Waals surface area contributed by atoms with Gasteiger partial charge in [-0.05, 0) is 13.3 Å². The molecule has 0 aliphatic rings. The lowest BCUT2D eigenvalue weighted by atomic mass is 10.0. The van der Waals surface area contributed by atoms with Gasteiger partial charge < -0.3 is 14.4 Å². The van der Waals surface area contributed by atoms with Crippen molar-refractivity contribution in [2.75, 3.05) is 7.11 Å². The van der Waals surface area contributed by atoms with E-state index in [1.165, 1.54) is 25.6 Å². The van der Waals surface area contributed by atoms with Crippen LogP contribution in [0, 0.1) is 0 Å². The molecule has 2 aromatic rings. The molecule has 0 spiro atoms. The van der Waals surface area contributed by atoms with Crippen molar-refractivity contribution in [2.24, 2.45) is 0 Å². The third-order valence-electron chi connectivity index (χ3n) is 3.79. The van der Waals surface area contributed by atoms with Gasteiger partial charge in [-0.1, -0.05) is 32.6 Å². The van der Waals surface area contributed by atoms with E-state index < -0.39 is 6.10 Å². The van der Waals surface area contributed by atoms with E-state index in [0.29, 0.717) is 17.0 Å². The molecular weight excluding hydrogens is 268 g/mol. The SMILES string of the molecule is CCCCCC[C@@H]([C@H](C)O)n1cnc2c(OC)ncnc21. The maximum absolute atomic E-state index is 10.1. The molecule has 0 aliphatic heterocycles. The highest BCUT2D eigenvalue weighted by Crippen LogP contribution is 2.26. The average molecular weight is 292 g/mol. The fraction of sp³-hybridized carbons (Fsp3) is 0.667. The lowest BCUT2D eigenvalue weighted by Gasteiger charge is -2.21. The zero-order valence-electron chi connectivity index (χ0n) is 13.0. The van der Waals surface area contributed by atoms with Crippen molar-refractivity contribution in [1.29, 1.82) is 0 Å². The molecule has 6 heteroatoms. The van der Waals surface area contributed by atoms with Crippen LogP contribution in [0.3, 0.4) is 0 Å². The molecule has 0 fully saturated rings. The Morgan fingerprint density at radius 3 is 2.71 bits per heavy atom. The van der Waals surface area contributed by atoms with Crippen LogP contribution in [0.4, 0.5) is 0 Å². The first-order valence-corrected chi connectivity index (χ1v) is 7.58. The van der Waals surface area contributed by atoms with Crippen LogP contribution in [0.5, 0.6) is 5.88 Å². The van der Waals surface area contributed by atoms with Crippen molar-refractivity contribution in [2.45, 2.75) is 58.1 Å². The van der Waals surface area contributed by atoms with Gasteiger partial charge in [-0.25, -0.2) is 9.97 Å². The molecule has 0 saturated heterocycles. The Hall–Kier alpha value is -1.69. The van der Waals surface area contributed by atoms with E-state index >= 15 is 0 Å². The summed E-state index contributed by atoms with van der Waals surface area (Å²) in [6.45, 7) is 4.01. The third kappa shape index (κ3) is 3.50. The zero-order valence-corrected chi connectivity index (χ0v) is 13.0. The van der Waals surface area contributed by atoms with E-state index in [9.17, 15) is 5.11 Å². The predicted molar refractivity (Wildman–Crippen MR) is 81.4 cm³/mol. The Morgan fingerprint density at radius 1 is 1.24 bits per heavy atom. The first kappa shape index (κ1) is 15.7. The number of fused-ring (bicyclic) bond motifs is 1. The minimum atomic E-state index is -0.454. The van der Waals surface area contributed by atoms with Crippen molar-refractivity contribution in [1.82, 2.24) is 19.5 Å². The van der Waals surface area contributed by atoms with Crippen LogP contribution in [-0.4, -0.2) is 37.8 Å². The summed E-state index contributed by atoms with van der Waals surface area (Å²) in [5.74, 6) is 0.467. The molecule has 1 N–H and O–H groups in total. The number of imidazole rings is 1. The van der Waals surface area contributed by atoms with Crippen LogP contribution in [-0.2, 0) is 0 Å². The predicted octanol–water partition coefficient (Wildman–Crippen LogP) is 2.73. The molecule has 2 rings (SSSR count). The number of hydrogen-bond acceptors (Lipinski definition) is 5. The maximum atomic E-state index is 10.1. The molecule has 0 unspecified atom stereocenters. The smallest absolute Gasteiger partial charge is 0.245 e. The Balaban J connectivity index is 2.24. The zero-order chi connectivity index (χ0) is 15.2. The number of hydrogen-bond donors (Lipinski definition) is 1. The molecule has 0 bridgehead atoms. The van der Waals surface area contributed by atoms with E-state index in [2.05, 4.69) is 21.9 Å². The molecule has 0 radical (unpaired) electrons. The largest absolute Gasteiger partial charge is 0.479 e. The number of aliphatic hydroxyl groups excluding tert-OH is 1. The minimum Gasteiger partial charge on any atom is -0.479 e. The highest BCUT2D eigenvalue weighted by molar-refractivity contribution is 5.76. The fourth-order valence-electron chi connectivity index (χ4n) is 2.62. The van der Waals surface area contributed by atoms with Crippen molar-refractivity contribution < 1.29 is 9.84 Å². The van der Waals surface area contributed by atoms with Gasteiger partial charge >= 0.3 is 0 Å². The summed E-state index contributed by atoms with van der Waals surface area (Å²) in [4.78, 5) is 12.7. The van der Waals surface area contributed by atoms with Gasteiger partial charge in [-0.15, -0.1) is 0 Å². The topological polar surface area (TPSA) is 73.1 Å². The normalized spacial score (nSPS) is 14.3. The Bertz CT molecular complexity index is 568. The highest BCUT2D eigenvalue weighted by Gasteiger charge is 2.21. The van der Waals surface area contributed by atoms with Gasteiger partial charge in [0.2, 0.25) is 5.88 Å². The van der Waals surface area contributed by atoms with E-state index in [1.807, 2.05) is 11.5 Å². The molecule has 0 saturated carbocycles. The number of aliphatic hydroxyl groups is 1. The standard InChI is InChI=1S/C15H24N4O2/c1-4-5-6-7-8-12(11(2)20)19-10-18-13-14(19)16-9-17-15(13)21-3/h9-12,20H,4-8H2,1-3H3/t11-,12-/m0/s1. The molecule has 0 aromatic carbocycles. The van der Waals surface area contributed by atoms with Gasteiger partial charge in [-0.3, -0.25) is 0 Å². The number of ether oxygens (including phenoxy) is 1. The molecular formula is C15H24N4O2. The molecule has 116 valence electrons.